The van der Waals surface area contributed by atoms with Crippen molar-refractivity contribution in [2.75, 3.05) is 12.4 Å². The van der Waals surface area contributed by atoms with Crippen LogP contribution in [0.25, 0.3) is 0 Å². The molecule has 0 unspecified atom stereocenters. The standard InChI is InChI=1S/C20H21F2N5O2/c1-29-16-4-2-3-13(7-16)10-26-11-15(9-23-26)24-19(28)12-27-18(20(21)22)8-17(25-27)14-5-6-14/h2-4,7-9,11,14,20H,5-6,10,12H2,1H3,(H,24,28). The van der Waals surface area contributed by atoms with Crippen molar-refractivity contribution in [2.45, 2.75) is 38.3 Å². The molecule has 9 heteroatoms. The van der Waals surface area contributed by atoms with Gasteiger partial charge in [0.2, 0.25) is 5.91 Å². The fourth-order valence-corrected chi connectivity index (χ4v) is 3.14. The van der Waals surface area contributed by atoms with Crippen molar-refractivity contribution in [2.24, 2.45) is 0 Å². The van der Waals surface area contributed by atoms with Crippen LogP contribution in [0.15, 0.2) is 42.7 Å². The number of benzene rings is 1. The Hall–Kier alpha value is -3.23. The van der Waals surface area contributed by atoms with Gasteiger partial charge in [0.1, 0.15) is 18.0 Å². The van der Waals surface area contributed by atoms with Gasteiger partial charge in [0, 0.05) is 12.1 Å². The van der Waals surface area contributed by atoms with Crippen molar-refractivity contribution in [1.82, 2.24) is 19.6 Å². The fraction of sp³-hybridized carbons (Fsp3) is 0.350. The van der Waals surface area contributed by atoms with E-state index in [1.807, 2.05) is 24.3 Å². The third-order valence-corrected chi connectivity index (χ3v) is 4.74. The predicted molar refractivity (Wildman–Crippen MR) is 102 cm³/mol. The lowest BCUT2D eigenvalue weighted by Gasteiger charge is -2.07. The molecule has 1 amide bonds. The molecule has 3 aromatic rings. The zero-order chi connectivity index (χ0) is 20.4. The van der Waals surface area contributed by atoms with Gasteiger partial charge in [-0.05, 0) is 36.6 Å². The highest BCUT2D eigenvalue weighted by atomic mass is 19.3. The van der Waals surface area contributed by atoms with E-state index < -0.39 is 12.3 Å². The largest absolute Gasteiger partial charge is 0.497 e. The van der Waals surface area contributed by atoms with E-state index >= 15 is 0 Å². The Bertz CT molecular complexity index is 1010. The minimum Gasteiger partial charge on any atom is -0.497 e. The lowest BCUT2D eigenvalue weighted by atomic mass is 10.2. The van der Waals surface area contributed by atoms with Crippen LogP contribution in [0.1, 0.15) is 42.1 Å². The number of rotatable bonds is 8. The van der Waals surface area contributed by atoms with Crippen LogP contribution in [-0.4, -0.2) is 32.6 Å². The van der Waals surface area contributed by atoms with Crippen LogP contribution in [0.3, 0.4) is 0 Å². The Kier molecular flexibility index (Phi) is 5.28. The number of carbonyl (C=O) groups excluding carboxylic acids is 1. The molecule has 1 saturated carbocycles. The molecule has 29 heavy (non-hydrogen) atoms. The van der Waals surface area contributed by atoms with Crippen LogP contribution >= 0.6 is 0 Å². The van der Waals surface area contributed by atoms with Gasteiger partial charge in [-0.2, -0.15) is 10.2 Å². The summed E-state index contributed by atoms with van der Waals surface area (Å²) in [4.78, 5) is 12.3. The SMILES string of the molecule is COc1cccc(Cn2cc(NC(=O)Cn3nc(C4CC4)cc3C(F)F)cn2)c1. The van der Waals surface area contributed by atoms with Crippen molar-refractivity contribution < 1.29 is 18.3 Å². The van der Waals surface area contributed by atoms with Crippen molar-refractivity contribution in [3.63, 3.8) is 0 Å². The monoisotopic (exact) mass is 401 g/mol. The van der Waals surface area contributed by atoms with Gasteiger partial charge < -0.3 is 10.1 Å². The maximum Gasteiger partial charge on any atom is 0.280 e. The molecule has 1 aliphatic carbocycles. The number of methoxy groups -OCH3 is 1. The Morgan fingerprint density at radius 2 is 2.17 bits per heavy atom. The van der Waals surface area contributed by atoms with Gasteiger partial charge in [0.15, 0.2) is 0 Å². The molecule has 152 valence electrons. The summed E-state index contributed by atoms with van der Waals surface area (Å²) >= 11 is 0. The first-order chi connectivity index (χ1) is 14.0. The van der Waals surface area contributed by atoms with Gasteiger partial charge in [-0.3, -0.25) is 14.2 Å². The molecular formula is C20H21F2N5O2. The van der Waals surface area contributed by atoms with Crippen LogP contribution in [0.4, 0.5) is 14.5 Å². The molecule has 2 aromatic heterocycles. The summed E-state index contributed by atoms with van der Waals surface area (Å²) in [5.74, 6) is 0.563. The number of amides is 1. The molecule has 0 saturated heterocycles. The molecule has 1 aliphatic rings. The number of ether oxygens (including phenoxy) is 1. The summed E-state index contributed by atoms with van der Waals surface area (Å²) < 4.78 is 34.5. The summed E-state index contributed by atoms with van der Waals surface area (Å²) in [7, 11) is 1.60. The second kappa shape index (κ2) is 8.02. The highest BCUT2D eigenvalue weighted by Gasteiger charge is 2.29. The zero-order valence-electron chi connectivity index (χ0n) is 15.9. The van der Waals surface area contributed by atoms with Crippen LogP contribution in [0.5, 0.6) is 5.75 Å². The molecule has 0 bridgehead atoms. The first kappa shape index (κ1) is 19.1. The van der Waals surface area contributed by atoms with Crippen LogP contribution in [-0.2, 0) is 17.9 Å². The minimum absolute atomic E-state index is 0.226. The molecule has 0 aliphatic heterocycles. The van der Waals surface area contributed by atoms with Crippen molar-refractivity contribution in [1.29, 1.82) is 0 Å². The highest BCUT2D eigenvalue weighted by molar-refractivity contribution is 5.90. The number of nitrogens with zero attached hydrogens (tertiary/aromatic N) is 4. The summed E-state index contributed by atoms with van der Waals surface area (Å²) in [5.41, 5.74) is 1.90. The zero-order valence-corrected chi connectivity index (χ0v) is 15.9. The van der Waals surface area contributed by atoms with E-state index in [2.05, 4.69) is 15.5 Å². The van der Waals surface area contributed by atoms with Gasteiger partial charge in [-0.25, -0.2) is 8.78 Å². The van der Waals surface area contributed by atoms with Gasteiger partial charge in [-0.1, -0.05) is 12.1 Å². The van der Waals surface area contributed by atoms with E-state index in [1.54, 1.807) is 18.0 Å². The van der Waals surface area contributed by atoms with Gasteiger partial charge in [0.05, 0.1) is 31.2 Å². The van der Waals surface area contributed by atoms with Gasteiger partial charge >= 0.3 is 0 Å². The highest BCUT2D eigenvalue weighted by Crippen LogP contribution is 2.40. The first-order valence-corrected chi connectivity index (χ1v) is 9.33. The number of alkyl halides is 2. The molecule has 2 heterocycles. The molecular weight excluding hydrogens is 380 g/mol. The second-order valence-electron chi connectivity index (χ2n) is 7.05. The molecule has 0 radical (unpaired) electrons. The number of aromatic nitrogens is 4. The molecule has 1 aromatic carbocycles. The van der Waals surface area contributed by atoms with Gasteiger partial charge in [0.25, 0.3) is 6.43 Å². The normalized spacial score (nSPS) is 13.7. The number of carbonyl (C=O) groups is 1. The smallest absolute Gasteiger partial charge is 0.280 e. The van der Waals surface area contributed by atoms with E-state index in [9.17, 15) is 13.6 Å². The number of hydrogen-bond donors (Lipinski definition) is 1. The molecule has 1 N–H and O–H groups in total. The second-order valence-corrected chi connectivity index (χ2v) is 7.05. The first-order valence-electron chi connectivity index (χ1n) is 9.33. The average molecular weight is 401 g/mol. The summed E-state index contributed by atoms with van der Waals surface area (Å²) in [5, 5.41) is 11.1. The Morgan fingerprint density at radius 1 is 1.34 bits per heavy atom. The Morgan fingerprint density at radius 3 is 2.90 bits per heavy atom. The van der Waals surface area contributed by atoms with Crippen LogP contribution in [0, 0.1) is 0 Å². The fourth-order valence-electron chi connectivity index (χ4n) is 3.14. The molecule has 7 nitrogen and oxygen atoms in total. The van der Waals surface area contributed by atoms with Crippen LogP contribution < -0.4 is 10.1 Å². The van der Waals surface area contributed by atoms with E-state index in [4.69, 9.17) is 4.74 Å². The maximum atomic E-state index is 13.3. The summed E-state index contributed by atoms with van der Waals surface area (Å²) in [6.45, 7) is 0.236. The molecule has 4 rings (SSSR count). The predicted octanol–water partition coefficient (Wildman–Crippen LogP) is 3.59. The molecule has 1 fully saturated rings. The third kappa shape index (κ3) is 4.61. The lowest BCUT2D eigenvalue weighted by molar-refractivity contribution is -0.117. The number of anilines is 1. The minimum atomic E-state index is -2.67. The Balaban J connectivity index is 1.39. The average Bonchev–Trinajstić information content (AvgIpc) is 3.32. The quantitative estimate of drug-likeness (QED) is 0.626. The van der Waals surface area contributed by atoms with E-state index in [1.165, 1.54) is 12.3 Å². The molecule has 0 spiro atoms. The summed E-state index contributed by atoms with van der Waals surface area (Å²) in [6.07, 6.45) is 2.44. The maximum absolute atomic E-state index is 13.3. The number of nitrogens with one attached hydrogen (secondary N) is 1. The van der Waals surface area contributed by atoms with E-state index in [0.29, 0.717) is 17.9 Å². The van der Waals surface area contributed by atoms with Crippen molar-refractivity contribution in [3.05, 3.63) is 59.7 Å². The third-order valence-electron chi connectivity index (χ3n) is 4.74. The Labute approximate surface area is 166 Å². The topological polar surface area (TPSA) is 74.0 Å². The van der Waals surface area contributed by atoms with Crippen molar-refractivity contribution >= 4 is 11.6 Å². The van der Waals surface area contributed by atoms with E-state index in [0.717, 1.165) is 28.8 Å². The van der Waals surface area contributed by atoms with Gasteiger partial charge in [-0.15, -0.1) is 0 Å². The summed E-state index contributed by atoms with van der Waals surface area (Å²) in [6, 6.07) is 9.00. The number of halogens is 2. The van der Waals surface area contributed by atoms with Crippen LogP contribution in [0.2, 0.25) is 0 Å². The number of hydrogen-bond acceptors (Lipinski definition) is 4. The molecule has 0 atom stereocenters. The van der Waals surface area contributed by atoms with E-state index in [-0.39, 0.29) is 18.2 Å². The lowest BCUT2D eigenvalue weighted by Crippen LogP contribution is -2.21. The van der Waals surface area contributed by atoms with Crippen molar-refractivity contribution in [3.8, 4) is 5.75 Å².